The van der Waals surface area contributed by atoms with Crippen LogP contribution in [0.1, 0.15) is 17.1 Å². The van der Waals surface area contributed by atoms with E-state index in [1.165, 1.54) is 6.92 Å². The molecule has 0 bridgehead atoms. The highest BCUT2D eigenvalue weighted by atomic mass is 19.4. The molecule has 0 aliphatic rings. The van der Waals surface area contributed by atoms with Gasteiger partial charge in [0.05, 0.1) is 6.42 Å². The van der Waals surface area contributed by atoms with Gasteiger partial charge in [-0.2, -0.15) is 13.2 Å². The summed E-state index contributed by atoms with van der Waals surface area (Å²) in [6.45, 7) is 1.37. The van der Waals surface area contributed by atoms with Crippen LogP contribution in [-0.4, -0.2) is 5.97 Å². The number of ether oxygens (including phenoxy) is 1. The molecular weight excluding hydrogens is 213 g/mol. The van der Waals surface area contributed by atoms with Gasteiger partial charge in [0.15, 0.2) is 0 Å². The number of furan rings is 1. The van der Waals surface area contributed by atoms with E-state index < -0.39 is 24.3 Å². The lowest BCUT2D eigenvalue weighted by Crippen LogP contribution is -2.10. The molecule has 0 aliphatic heterocycles. The van der Waals surface area contributed by atoms with Crippen LogP contribution < -0.4 is 0 Å². The number of esters is 1. The van der Waals surface area contributed by atoms with Crippen molar-refractivity contribution < 1.29 is 27.1 Å². The van der Waals surface area contributed by atoms with E-state index >= 15 is 0 Å². The van der Waals surface area contributed by atoms with Crippen LogP contribution in [0.5, 0.6) is 0 Å². The predicted octanol–water partition coefficient (Wildman–Crippen LogP) is 2.48. The van der Waals surface area contributed by atoms with Gasteiger partial charge in [0, 0.05) is 5.56 Å². The largest absolute Gasteiger partial charge is 0.462 e. The van der Waals surface area contributed by atoms with Crippen LogP contribution >= 0.6 is 0 Å². The fraction of sp³-hybridized carbons (Fsp3) is 0.333. The lowest BCUT2D eigenvalue weighted by molar-refractivity contribution is -0.154. The average molecular weight is 221 g/mol. The Bertz CT molecular complexity index is 365. The molecule has 0 atom stereocenters. The van der Waals surface area contributed by atoms with Gasteiger partial charge in [-0.25, -0.2) is 0 Å². The topological polar surface area (TPSA) is 39.4 Å². The van der Waals surface area contributed by atoms with Crippen molar-refractivity contribution >= 4 is 5.97 Å². The van der Waals surface area contributed by atoms with Crippen LogP contribution in [0.3, 0.4) is 0 Å². The zero-order valence-electron chi connectivity index (χ0n) is 7.85. The molecule has 0 unspecified atom stereocenters. The van der Waals surface area contributed by atoms with Crippen molar-refractivity contribution in [1.82, 2.24) is 0 Å². The third-order valence-corrected chi connectivity index (χ3v) is 1.69. The molecule has 0 fully saturated rings. The smallest absolute Gasteiger partial charge is 0.449 e. The minimum absolute atomic E-state index is 0.0918. The minimum Gasteiger partial charge on any atom is -0.462 e. The normalized spacial score (nSPS) is 11.5. The molecule has 1 aromatic rings. The molecule has 0 saturated heterocycles. The number of alkyl halides is 3. The molecule has 3 nitrogen and oxygen atoms in total. The van der Waals surface area contributed by atoms with Crippen LogP contribution in [0.4, 0.5) is 13.2 Å². The minimum atomic E-state index is -4.61. The number of halogens is 3. The molecule has 83 valence electrons. The Morgan fingerprint density at radius 3 is 2.67 bits per heavy atom. The van der Waals surface area contributed by atoms with E-state index in [0.717, 1.165) is 6.07 Å². The van der Waals surface area contributed by atoms with E-state index in [0.29, 0.717) is 0 Å². The Hall–Kier alpha value is -1.46. The molecule has 1 aromatic heterocycles. The molecule has 1 radical (unpaired) electrons. The lowest BCUT2D eigenvalue weighted by Gasteiger charge is -2.04. The first-order chi connectivity index (χ1) is 6.84. The number of hydrogen-bond acceptors (Lipinski definition) is 3. The molecule has 0 aromatic carbocycles. The second-order valence-electron chi connectivity index (χ2n) is 2.90. The third-order valence-electron chi connectivity index (χ3n) is 1.69. The van der Waals surface area contributed by atoms with E-state index in [4.69, 9.17) is 0 Å². The van der Waals surface area contributed by atoms with E-state index in [1.54, 1.807) is 0 Å². The van der Waals surface area contributed by atoms with E-state index in [-0.39, 0.29) is 11.3 Å². The van der Waals surface area contributed by atoms with Crippen molar-refractivity contribution in [1.29, 1.82) is 0 Å². The Balaban J connectivity index is 3.02. The maximum Gasteiger partial charge on any atom is 0.449 e. The van der Waals surface area contributed by atoms with Crippen molar-refractivity contribution in [2.24, 2.45) is 0 Å². The quantitative estimate of drug-likeness (QED) is 0.720. The summed E-state index contributed by atoms with van der Waals surface area (Å²) in [7, 11) is 2.82. The fourth-order valence-electron chi connectivity index (χ4n) is 1.14. The highest BCUT2D eigenvalue weighted by molar-refractivity contribution is 5.73. The van der Waals surface area contributed by atoms with Gasteiger partial charge in [-0.05, 0) is 13.0 Å². The van der Waals surface area contributed by atoms with Crippen molar-refractivity contribution in [3.8, 4) is 0 Å². The Morgan fingerprint density at radius 2 is 2.20 bits per heavy atom. The summed E-state index contributed by atoms with van der Waals surface area (Å²) in [6.07, 6.45) is -5.11. The van der Waals surface area contributed by atoms with Crippen LogP contribution in [0.15, 0.2) is 10.5 Å². The third kappa shape index (κ3) is 2.74. The molecule has 0 saturated carbocycles. The van der Waals surface area contributed by atoms with Gasteiger partial charge >= 0.3 is 12.1 Å². The van der Waals surface area contributed by atoms with Gasteiger partial charge in [-0.3, -0.25) is 4.79 Å². The second kappa shape index (κ2) is 3.96. The summed E-state index contributed by atoms with van der Waals surface area (Å²) >= 11 is 0. The van der Waals surface area contributed by atoms with Crippen molar-refractivity contribution in [2.45, 2.75) is 19.5 Å². The molecular formula is C9H8F3O3. The highest BCUT2D eigenvalue weighted by Crippen LogP contribution is 2.34. The van der Waals surface area contributed by atoms with Crippen LogP contribution in [-0.2, 0) is 22.1 Å². The Labute approximate surface area is 83.8 Å². The van der Waals surface area contributed by atoms with E-state index in [9.17, 15) is 18.0 Å². The average Bonchev–Trinajstić information content (AvgIpc) is 2.45. The standard InChI is InChI=1S/C9H8F3O3/c1-5-3-6(4-7(13)14-2)8(15-5)9(10,11)12/h3H,2,4H2,1H3. The number of hydrogen-bond donors (Lipinski definition) is 0. The second-order valence-corrected chi connectivity index (χ2v) is 2.90. The first-order valence-corrected chi connectivity index (χ1v) is 3.96. The lowest BCUT2D eigenvalue weighted by atomic mass is 10.1. The predicted molar refractivity (Wildman–Crippen MR) is 43.6 cm³/mol. The van der Waals surface area contributed by atoms with Crippen LogP contribution in [0.2, 0.25) is 0 Å². The maximum absolute atomic E-state index is 12.4. The fourth-order valence-corrected chi connectivity index (χ4v) is 1.14. The van der Waals surface area contributed by atoms with Gasteiger partial charge < -0.3 is 9.15 Å². The van der Waals surface area contributed by atoms with E-state index in [2.05, 4.69) is 16.3 Å². The van der Waals surface area contributed by atoms with Gasteiger partial charge in [-0.15, -0.1) is 0 Å². The summed E-state index contributed by atoms with van der Waals surface area (Å²) in [4.78, 5) is 10.8. The van der Waals surface area contributed by atoms with Gasteiger partial charge in [0.25, 0.3) is 0 Å². The number of aryl methyl sites for hydroxylation is 1. The van der Waals surface area contributed by atoms with Crippen molar-refractivity contribution in [2.75, 3.05) is 0 Å². The monoisotopic (exact) mass is 221 g/mol. The Kier molecular flexibility index (Phi) is 3.06. The summed E-state index contributed by atoms with van der Waals surface area (Å²) in [6, 6.07) is 1.15. The first-order valence-electron chi connectivity index (χ1n) is 3.96. The molecule has 0 spiro atoms. The summed E-state index contributed by atoms with van der Waals surface area (Å²) < 4.78 is 45.6. The first kappa shape index (κ1) is 11.6. The number of carbonyl (C=O) groups excluding carboxylic acids is 1. The summed E-state index contributed by atoms with van der Waals surface area (Å²) in [5.41, 5.74) is -0.242. The molecule has 1 heterocycles. The molecule has 6 heteroatoms. The number of rotatable bonds is 2. The molecule has 1 rings (SSSR count). The molecule has 0 aliphatic carbocycles. The SMILES string of the molecule is [CH2]OC(=O)Cc1cc(C)oc1C(F)(F)F. The molecule has 15 heavy (non-hydrogen) atoms. The Morgan fingerprint density at radius 1 is 1.60 bits per heavy atom. The highest BCUT2D eigenvalue weighted by Gasteiger charge is 2.38. The molecule has 0 amide bonds. The summed E-state index contributed by atoms with van der Waals surface area (Å²) in [5.74, 6) is -1.92. The van der Waals surface area contributed by atoms with E-state index in [1.807, 2.05) is 0 Å². The van der Waals surface area contributed by atoms with Crippen molar-refractivity contribution in [3.05, 3.63) is 30.3 Å². The molecule has 0 N–H and O–H groups in total. The van der Waals surface area contributed by atoms with Crippen LogP contribution in [0.25, 0.3) is 0 Å². The summed E-state index contributed by atoms with van der Waals surface area (Å²) in [5, 5.41) is 0. The van der Waals surface area contributed by atoms with Gasteiger partial charge in [0.1, 0.15) is 12.9 Å². The number of carbonyl (C=O) groups is 1. The maximum atomic E-state index is 12.4. The zero-order valence-corrected chi connectivity index (χ0v) is 7.85. The zero-order chi connectivity index (χ0) is 11.6. The van der Waals surface area contributed by atoms with Crippen molar-refractivity contribution in [3.63, 3.8) is 0 Å². The van der Waals surface area contributed by atoms with Crippen LogP contribution in [0, 0.1) is 14.0 Å². The van der Waals surface area contributed by atoms with Gasteiger partial charge in [-0.1, -0.05) is 0 Å². The van der Waals surface area contributed by atoms with Gasteiger partial charge in [0.2, 0.25) is 5.76 Å².